The molecular formula is C5H15AlLiNO2. The number of amides is 1. The summed E-state index contributed by atoms with van der Waals surface area (Å²) in [7, 11) is 0. The summed E-state index contributed by atoms with van der Waals surface area (Å²) in [5, 5.41) is 0. The van der Waals surface area contributed by atoms with Crippen molar-refractivity contribution < 1.29 is 29.8 Å². The largest absolute Gasteiger partial charge is 1.00 e. The van der Waals surface area contributed by atoms with Gasteiger partial charge in [0.15, 0.2) is 17.4 Å². The van der Waals surface area contributed by atoms with Crippen LogP contribution in [0, 0.1) is 0 Å². The first kappa shape index (κ1) is 16.8. The van der Waals surface area contributed by atoms with Gasteiger partial charge in [-0.15, -0.1) is 0 Å². The van der Waals surface area contributed by atoms with Gasteiger partial charge in [0.1, 0.15) is 5.60 Å². The van der Waals surface area contributed by atoms with Crippen molar-refractivity contribution in [2.75, 3.05) is 0 Å². The van der Waals surface area contributed by atoms with Gasteiger partial charge in [0.05, 0.1) is 0 Å². The molecule has 0 fully saturated rings. The van der Waals surface area contributed by atoms with E-state index in [9.17, 15) is 4.79 Å². The Morgan fingerprint density at radius 2 is 1.80 bits per heavy atom. The van der Waals surface area contributed by atoms with Crippen molar-refractivity contribution in [3.63, 3.8) is 0 Å². The Balaban J connectivity index is -0.0000000817. The molecule has 0 aliphatic rings. The summed E-state index contributed by atoms with van der Waals surface area (Å²) < 4.78 is 4.58. The minimum absolute atomic E-state index is 0. The number of carbonyl (C=O) groups is 1. The predicted molar refractivity (Wildman–Crippen MR) is 41.5 cm³/mol. The molecule has 0 rings (SSSR count). The van der Waals surface area contributed by atoms with E-state index in [2.05, 4.69) is 4.74 Å². The molecular weight excluding hydrogens is 140 g/mol. The fourth-order valence-corrected chi connectivity index (χ4v) is 0.302. The van der Waals surface area contributed by atoms with E-state index in [1.165, 1.54) is 0 Å². The molecule has 10 heavy (non-hydrogen) atoms. The molecule has 0 atom stereocenters. The van der Waals surface area contributed by atoms with Crippen LogP contribution in [0.1, 0.15) is 22.2 Å². The van der Waals surface area contributed by atoms with Crippen molar-refractivity contribution >= 4 is 23.5 Å². The topological polar surface area (TPSA) is 52.3 Å². The maximum atomic E-state index is 10.0. The van der Waals surface area contributed by atoms with Gasteiger partial charge in [0.2, 0.25) is 0 Å². The Labute approximate surface area is 85.5 Å². The molecule has 3 nitrogen and oxygen atoms in total. The van der Waals surface area contributed by atoms with Gasteiger partial charge in [0.25, 0.3) is 0 Å². The molecule has 56 valence electrons. The SMILES string of the molecule is CC(C)(C)OC(N)=O.[AlH3].[H-].[Li+]. The summed E-state index contributed by atoms with van der Waals surface area (Å²) in [4.78, 5) is 10.0. The molecule has 0 unspecified atom stereocenters. The molecule has 0 saturated carbocycles. The van der Waals surface area contributed by atoms with Gasteiger partial charge >= 0.3 is 25.0 Å². The monoisotopic (exact) mass is 155 g/mol. The zero-order valence-corrected chi connectivity index (χ0v) is 6.39. The molecule has 0 aromatic rings. The van der Waals surface area contributed by atoms with E-state index >= 15 is 0 Å². The molecule has 0 radical (unpaired) electrons. The first-order chi connectivity index (χ1) is 3.42. The van der Waals surface area contributed by atoms with Crippen molar-refractivity contribution in [1.29, 1.82) is 0 Å². The minimum atomic E-state index is -0.725. The third kappa shape index (κ3) is 15.8. The fourth-order valence-electron chi connectivity index (χ4n) is 0.302. The summed E-state index contributed by atoms with van der Waals surface area (Å²) in [5.74, 6) is 0. The number of primary amides is 1. The molecule has 0 bridgehead atoms. The fraction of sp³-hybridized carbons (Fsp3) is 0.800. The number of rotatable bonds is 0. The van der Waals surface area contributed by atoms with Gasteiger partial charge in [-0.2, -0.15) is 0 Å². The van der Waals surface area contributed by atoms with Crippen molar-refractivity contribution in [2.45, 2.75) is 26.4 Å². The molecule has 0 aliphatic carbocycles. The summed E-state index contributed by atoms with van der Waals surface area (Å²) in [5.41, 5.74) is 4.26. The van der Waals surface area contributed by atoms with Crippen LogP contribution in [0.5, 0.6) is 0 Å². The molecule has 0 aliphatic heterocycles. The van der Waals surface area contributed by atoms with Gasteiger partial charge in [0, 0.05) is 0 Å². The van der Waals surface area contributed by atoms with Crippen LogP contribution in [0.25, 0.3) is 0 Å². The summed E-state index contributed by atoms with van der Waals surface area (Å²) in [6, 6.07) is 0. The molecule has 0 spiro atoms. The Bertz CT molecular complexity index is 107. The van der Waals surface area contributed by atoms with Crippen LogP contribution in [0.4, 0.5) is 4.79 Å². The van der Waals surface area contributed by atoms with E-state index < -0.39 is 11.7 Å². The number of hydrogen-bond donors (Lipinski definition) is 1. The normalized spacial score (nSPS) is 8.70. The van der Waals surface area contributed by atoms with Crippen LogP contribution in [0.3, 0.4) is 0 Å². The van der Waals surface area contributed by atoms with Gasteiger partial charge in [-0.3, -0.25) is 0 Å². The third-order valence-electron chi connectivity index (χ3n) is 0.407. The van der Waals surface area contributed by atoms with Crippen molar-refractivity contribution in [3.05, 3.63) is 0 Å². The Kier molecular flexibility index (Phi) is 10.3. The summed E-state index contributed by atoms with van der Waals surface area (Å²) >= 11 is 0. The van der Waals surface area contributed by atoms with Crippen LogP contribution in [0.15, 0.2) is 0 Å². The molecule has 0 heterocycles. The van der Waals surface area contributed by atoms with Gasteiger partial charge in [-0.25, -0.2) is 4.79 Å². The molecule has 0 aromatic carbocycles. The summed E-state index contributed by atoms with van der Waals surface area (Å²) in [6.45, 7) is 5.28. The first-order valence-corrected chi connectivity index (χ1v) is 2.40. The van der Waals surface area contributed by atoms with Crippen LogP contribution in [0.2, 0.25) is 0 Å². The van der Waals surface area contributed by atoms with E-state index in [0.29, 0.717) is 0 Å². The Morgan fingerprint density at radius 1 is 1.50 bits per heavy atom. The van der Waals surface area contributed by atoms with Crippen molar-refractivity contribution in [3.8, 4) is 0 Å². The van der Waals surface area contributed by atoms with Crippen LogP contribution in [-0.4, -0.2) is 29.1 Å². The van der Waals surface area contributed by atoms with Gasteiger partial charge in [-0.05, 0) is 20.8 Å². The smallest absolute Gasteiger partial charge is 1.00 e. The van der Waals surface area contributed by atoms with Crippen molar-refractivity contribution in [1.82, 2.24) is 0 Å². The number of ether oxygens (including phenoxy) is 1. The zero-order valence-electron chi connectivity index (χ0n) is 7.39. The second kappa shape index (κ2) is 6.13. The zero-order chi connectivity index (χ0) is 6.78. The number of nitrogens with two attached hydrogens (primary N) is 1. The maximum Gasteiger partial charge on any atom is 1.00 e. The first-order valence-electron chi connectivity index (χ1n) is 2.40. The van der Waals surface area contributed by atoms with Gasteiger partial charge in [-0.1, -0.05) is 0 Å². The van der Waals surface area contributed by atoms with E-state index in [4.69, 9.17) is 5.73 Å². The van der Waals surface area contributed by atoms with Gasteiger partial charge < -0.3 is 11.9 Å². The van der Waals surface area contributed by atoms with E-state index in [1.54, 1.807) is 20.8 Å². The van der Waals surface area contributed by atoms with E-state index in [1.807, 2.05) is 0 Å². The minimum Gasteiger partial charge on any atom is -1.00 e. The molecule has 1 amide bonds. The predicted octanol–water partition coefficient (Wildman–Crippen LogP) is -3.19. The standard InChI is InChI=1S/C5H11NO2.Al.Li.4H/c1-5(2,3)8-4(6)7;;;;;;/h1-3H3,(H2,6,7);;;;;;/q;;+1;;;;-1. The van der Waals surface area contributed by atoms with Crippen LogP contribution < -0.4 is 24.6 Å². The third-order valence-corrected chi connectivity index (χ3v) is 0.407. The Morgan fingerprint density at radius 3 is 1.80 bits per heavy atom. The summed E-state index contributed by atoms with van der Waals surface area (Å²) in [6.07, 6.45) is -0.725. The molecule has 0 aromatic heterocycles. The quantitative estimate of drug-likeness (QED) is 0.375. The second-order valence-electron chi connectivity index (χ2n) is 2.53. The second-order valence-corrected chi connectivity index (χ2v) is 2.53. The van der Waals surface area contributed by atoms with Crippen molar-refractivity contribution in [2.24, 2.45) is 5.73 Å². The molecule has 2 N–H and O–H groups in total. The number of carbonyl (C=O) groups excluding carboxylic acids is 1. The molecule has 5 heteroatoms. The Hall–Kier alpha value is 0.400. The average molecular weight is 155 g/mol. The molecule has 0 saturated heterocycles. The average Bonchev–Trinajstić information content (AvgIpc) is 1.21. The number of hydrogen-bond acceptors (Lipinski definition) is 2. The van der Waals surface area contributed by atoms with Crippen LogP contribution >= 0.6 is 0 Å². The maximum absolute atomic E-state index is 10.0. The van der Waals surface area contributed by atoms with Crippen LogP contribution in [-0.2, 0) is 4.74 Å². The van der Waals surface area contributed by atoms with E-state index in [0.717, 1.165) is 0 Å². The van der Waals surface area contributed by atoms with E-state index in [-0.39, 0.29) is 37.6 Å².